The van der Waals surface area contributed by atoms with Gasteiger partial charge in [0.2, 0.25) is 0 Å². The van der Waals surface area contributed by atoms with E-state index in [-0.39, 0.29) is 12.5 Å². The van der Waals surface area contributed by atoms with Crippen LogP contribution in [0.25, 0.3) is 0 Å². The highest BCUT2D eigenvalue weighted by atomic mass is 16.5. The van der Waals surface area contributed by atoms with E-state index in [1.807, 2.05) is 13.0 Å². The smallest absolute Gasteiger partial charge is 0.325 e. The first-order chi connectivity index (χ1) is 6.11. The molecule has 0 rings (SSSR count). The minimum atomic E-state index is -0.252. The van der Waals surface area contributed by atoms with Gasteiger partial charge in [0, 0.05) is 7.05 Å². The number of likely N-dealkylation sites (N-methyl/N-ethyl adjacent to an activating group) is 1. The molecule has 0 aromatic heterocycles. The Balaban J connectivity index is 3.92. The van der Waals surface area contributed by atoms with E-state index in [2.05, 4.69) is 0 Å². The fourth-order valence-electron chi connectivity index (χ4n) is 0.857. The number of nitrogens with zero attached hydrogens (tertiary/aromatic N) is 1. The van der Waals surface area contributed by atoms with E-state index in [0.29, 0.717) is 12.4 Å². The summed E-state index contributed by atoms with van der Waals surface area (Å²) in [5.74, 6) is 0.355. The van der Waals surface area contributed by atoms with E-state index in [1.165, 1.54) is 0 Å². The molecular weight excluding hydrogens is 168 g/mol. The van der Waals surface area contributed by atoms with E-state index < -0.39 is 0 Å². The summed E-state index contributed by atoms with van der Waals surface area (Å²) >= 11 is 0. The Morgan fingerprint density at radius 1 is 1.54 bits per heavy atom. The molecule has 0 saturated heterocycles. The monoisotopic (exact) mass is 186 g/mol. The zero-order chi connectivity index (χ0) is 10.3. The number of hydrogen-bond donors (Lipinski definition) is 1. The molecule has 0 unspecified atom stereocenters. The predicted molar refractivity (Wildman–Crippen MR) is 51.8 cm³/mol. The summed E-state index contributed by atoms with van der Waals surface area (Å²) in [6.07, 6.45) is 2.72. The highest BCUT2D eigenvalue weighted by Gasteiger charge is 2.06. The van der Waals surface area contributed by atoms with Crippen molar-refractivity contribution < 1.29 is 9.53 Å². The van der Waals surface area contributed by atoms with Gasteiger partial charge < -0.3 is 15.4 Å². The van der Waals surface area contributed by atoms with E-state index in [0.717, 1.165) is 6.42 Å². The van der Waals surface area contributed by atoms with Crippen LogP contribution in [0.4, 0.5) is 0 Å². The molecule has 0 radical (unpaired) electrons. The van der Waals surface area contributed by atoms with E-state index in [4.69, 9.17) is 10.5 Å². The van der Waals surface area contributed by atoms with Gasteiger partial charge in [0.15, 0.2) is 0 Å². The minimum absolute atomic E-state index is 0.205. The zero-order valence-corrected chi connectivity index (χ0v) is 8.54. The molecule has 0 bridgehead atoms. The second kappa shape index (κ2) is 6.34. The largest absolute Gasteiger partial charge is 0.465 e. The van der Waals surface area contributed by atoms with Gasteiger partial charge in [0.05, 0.1) is 12.4 Å². The molecule has 2 N–H and O–H groups in total. The number of ether oxygens (including phenoxy) is 1. The molecule has 4 nitrogen and oxygen atoms in total. The molecule has 0 aliphatic carbocycles. The lowest BCUT2D eigenvalue weighted by Crippen LogP contribution is -2.30. The van der Waals surface area contributed by atoms with Crippen LogP contribution in [0.3, 0.4) is 0 Å². The third-order valence-electron chi connectivity index (χ3n) is 1.53. The second-order valence-corrected chi connectivity index (χ2v) is 2.70. The number of hydrogen-bond acceptors (Lipinski definition) is 4. The van der Waals surface area contributed by atoms with Crippen molar-refractivity contribution in [1.82, 2.24) is 4.90 Å². The highest BCUT2D eigenvalue weighted by Crippen LogP contribution is 1.95. The molecule has 0 atom stereocenters. The second-order valence-electron chi connectivity index (χ2n) is 2.70. The Morgan fingerprint density at radius 2 is 2.15 bits per heavy atom. The molecule has 0 heterocycles. The van der Waals surface area contributed by atoms with Gasteiger partial charge in [0.25, 0.3) is 0 Å². The number of carbonyl (C=O) groups excluding carboxylic acids is 1. The van der Waals surface area contributed by atoms with Crippen molar-refractivity contribution >= 4 is 5.97 Å². The van der Waals surface area contributed by atoms with Crippen LogP contribution in [0.5, 0.6) is 0 Å². The third kappa shape index (κ3) is 5.11. The van der Waals surface area contributed by atoms with Gasteiger partial charge in [-0.25, -0.2) is 0 Å². The number of allylic oxidation sites excluding steroid dienone is 1. The van der Waals surface area contributed by atoms with E-state index in [1.54, 1.807) is 18.9 Å². The molecule has 0 saturated carbocycles. The number of esters is 1. The van der Waals surface area contributed by atoms with Crippen LogP contribution in [0, 0.1) is 0 Å². The Labute approximate surface area is 79.3 Å². The summed E-state index contributed by atoms with van der Waals surface area (Å²) in [5, 5.41) is 0. The SMILES string of the molecule is CC/C=C(/N)N(C)CC(=O)OCC. The van der Waals surface area contributed by atoms with Gasteiger partial charge in [-0.15, -0.1) is 0 Å². The van der Waals surface area contributed by atoms with Crippen molar-refractivity contribution in [2.45, 2.75) is 20.3 Å². The quantitative estimate of drug-likeness (QED) is 0.642. The maximum Gasteiger partial charge on any atom is 0.325 e. The summed E-state index contributed by atoms with van der Waals surface area (Å²) in [6, 6.07) is 0. The first-order valence-corrected chi connectivity index (χ1v) is 4.44. The normalized spacial score (nSPS) is 11.2. The Hall–Kier alpha value is -1.19. The Kier molecular flexibility index (Phi) is 5.76. The van der Waals surface area contributed by atoms with Gasteiger partial charge >= 0.3 is 5.97 Å². The highest BCUT2D eigenvalue weighted by molar-refractivity contribution is 5.71. The number of carbonyl (C=O) groups is 1. The van der Waals surface area contributed by atoms with Crippen molar-refractivity contribution in [3.8, 4) is 0 Å². The average Bonchev–Trinajstić information content (AvgIpc) is 2.05. The Bertz CT molecular complexity index is 190. The van der Waals surface area contributed by atoms with Crippen LogP contribution in [0.15, 0.2) is 11.9 Å². The predicted octanol–water partition coefficient (Wildman–Crippen LogP) is 0.691. The van der Waals surface area contributed by atoms with Gasteiger partial charge in [-0.1, -0.05) is 6.92 Å². The molecule has 0 amide bonds. The van der Waals surface area contributed by atoms with Gasteiger partial charge in [-0.05, 0) is 19.4 Å². The van der Waals surface area contributed by atoms with Crippen molar-refractivity contribution in [1.29, 1.82) is 0 Å². The number of rotatable bonds is 5. The van der Waals surface area contributed by atoms with Crippen LogP contribution in [0.2, 0.25) is 0 Å². The van der Waals surface area contributed by atoms with Crippen molar-refractivity contribution in [2.75, 3.05) is 20.2 Å². The van der Waals surface area contributed by atoms with Crippen LogP contribution in [0.1, 0.15) is 20.3 Å². The van der Waals surface area contributed by atoms with E-state index >= 15 is 0 Å². The van der Waals surface area contributed by atoms with Gasteiger partial charge in [0.1, 0.15) is 6.54 Å². The molecule has 0 aliphatic heterocycles. The summed E-state index contributed by atoms with van der Waals surface area (Å²) in [7, 11) is 1.76. The van der Waals surface area contributed by atoms with Crippen LogP contribution < -0.4 is 5.73 Å². The van der Waals surface area contributed by atoms with Crippen molar-refractivity contribution in [2.24, 2.45) is 5.73 Å². The lowest BCUT2D eigenvalue weighted by molar-refractivity contribution is -0.143. The summed E-state index contributed by atoms with van der Waals surface area (Å²) < 4.78 is 4.78. The van der Waals surface area contributed by atoms with Crippen molar-refractivity contribution in [3.05, 3.63) is 11.9 Å². The maximum atomic E-state index is 11.0. The average molecular weight is 186 g/mol. The molecule has 13 heavy (non-hydrogen) atoms. The third-order valence-corrected chi connectivity index (χ3v) is 1.53. The zero-order valence-electron chi connectivity index (χ0n) is 8.54. The lowest BCUT2D eigenvalue weighted by Gasteiger charge is -2.17. The molecule has 76 valence electrons. The van der Waals surface area contributed by atoms with Crippen molar-refractivity contribution in [3.63, 3.8) is 0 Å². The van der Waals surface area contributed by atoms with Crippen LogP contribution in [-0.2, 0) is 9.53 Å². The maximum absolute atomic E-state index is 11.0. The molecular formula is C9H18N2O2. The van der Waals surface area contributed by atoms with Gasteiger partial charge in [-0.3, -0.25) is 4.79 Å². The summed E-state index contributed by atoms with van der Waals surface area (Å²) in [4.78, 5) is 12.7. The molecule has 0 fully saturated rings. The fourth-order valence-corrected chi connectivity index (χ4v) is 0.857. The lowest BCUT2D eigenvalue weighted by atomic mass is 10.4. The standard InChI is InChI=1S/C9H18N2O2/c1-4-6-8(10)11(3)7-9(12)13-5-2/h6H,4-5,7,10H2,1-3H3/b8-6-. The molecule has 0 spiro atoms. The van der Waals surface area contributed by atoms with Crippen LogP contribution >= 0.6 is 0 Å². The Morgan fingerprint density at radius 3 is 2.62 bits per heavy atom. The first-order valence-electron chi connectivity index (χ1n) is 4.44. The summed E-state index contributed by atoms with van der Waals surface area (Å²) in [5.41, 5.74) is 5.65. The first kappa shape index (κ1) is 11.8. The fraction of sp³-hybridized carbons (Fsp3) is 0.667. The topological polar surface area (TPSA) is 55.6 Å². The summed E-state index contributed by atoms with van der Waals surface area (Å²) in [6.45, 7) is 4.38. The molecule has 0 aromatic rings. The van der Waals surface area contributed by atoms with Gasteiger partial charge in [-0.2, -0.15) is 0 Å². The molecule has 0 aromatic carbocycles. The molecule has 0 aliphatic rings. The van der Waals surface area contributed by atoms with Crippen LogP contribution in [-0.4, -0.2) is 31.1 Å². The minimum Gasteiger partial charge on any atom is -0.465 e. The molecule has 4 heteroatoms. The van der Waals surface area contributed by atoms with E-state index in [9.17, 15) is 4.79 Å². The number of nitrogens with two attached hydrogens (primary N) is 1.